The summed E-state index contributed by atoms with van der Waals surface area (Å²) < 4.78 is 28.2. The lowest BCUT2D eigenvalue weighted by Crippen LogP contribution is -2.38. The number of rotatable bonds is 9. The summed E-state index contributed by atoms with van der Waals surface area (Å²) in [7, 11) is -3.15. The van der Waals surface area contributed by atoms with Crippen molar-refractivity contribution in [2.75, 3.05) is 32.6 Å². The predicted molar refractivity (Wildman–Crippen MR) is 109 cm³/mol. The average Bonchev–Trinajstić information content (AvgIpc) is 2.52. The fraction of sp³-hybridized carbons (Fsp3) is 0.562. The van der Waals surface area contributed by atoms with Crippen molar-refractivity contribution < 1.29 is 13.2 Å². The van der Waals surface area contributed by atoms with E-state index in [4.69, 9.17) is 4.74 Å². The van der Waals surface area contributed by atoms with Gasteiger partial charge >= 0.3 is 0 Å². The number of hydrogen-bond donors (Lipinski definition) is 2. The highest BCUT2D eigenvalue weighted by Gasteiger charge is 2.06. The molecule has 2 N–H and O–H groups in total. The number of guanidine groups is 1. The first-order chi connectivity index (χ1) is 11.0. The summed E-state index contributed by atoms with van der Waals surface area (Å²) in [5.74, 6) is 0.746. The van der Waals surface area contributed by atoms with Crippen LogP contribution in [0.2, 0.25) is 0 Å². The number of aliphatic imine (C=N–C) groups is 1. The summed E-state index contributed by atoms with van der Waals surface area (Å²) in [5, 5.41) is 6.43. The number of nitrogens with one attached hydrogen (secondary N) is 2. The molecule has 0 radical (unpaired) electrons. The van der Waals surface area contributed by atoms with Crippen molar-refractivity contribution in [1.82, 2.24) is 10.6 Å². The monoisotopic (exact) mass is 469 g/mol. The number of sulfone groups is 1. The van der Waals surface area contributed by atoms with Gasteiger partial charge in [0, 0.05) is 32.6 Å². The van der Waals surface area contributed by atoms with Crippen LogP contribution in [0, 0.1) is 0 Å². The predicted octanol–water partition coefficient (Wildman–Crippen LogP) is 2.19. The molecule has 0 atom stereocenters. The second-order valence-corrected chi connectivity index (χ2v) is 7.10. The maximum Gasteiger partial charge on any atom is 0.191 e. The minimum atomic E-state index is -3.15. The van der Waals surface area contributed by atoms with Crippen LogP contribution in [0.5, 0.6) is 0 Å². The second kappa shape index (κ2) is 12.5. The Bertz CT molecular complexity index is 589. The van der Waals surface area contributed by atoms with Gasteiger partial charge in [0.05, 0.1) is 11.4 Å². The molecule has 24 heavy (non-hydrogen) atoms. The van der Waals surface area contributed by atoms with Gasteiger partial charge in [-0.15, -0.1) is 24.0 Å². The van der Waals surface area contributed by atoms with E-state index < -0.39 is 9.84 Å². The van der Waals surface area contributed by atoms with Crippen molar-refractivity contribution in [1.29, 1.82) is 0 Å². The van der Waals surface area contributed by atoms with Crippen LogP contribution in [0.25, 0.3) is 0 Å². The molecule has 8 heteroatoms. The first kappa shape index (κ1) is 23.1. The van der Waals surface area contributed by atoms with Gasteiger partial charge in [0.25, 0.3) is 0 Å². The molecule has 0 heterocycles. The van der Waals surface area contributed by atoms with E-state index in [0.29, 0.717) is 11.4 Å². The molecule has 0 unspecified atom stereocenters. The lowest BCUT2D eigenvalue weighted by Gasteiger charge is -2.11. The molecular weight excluding hydrogens is 441 g/mol. The molecule has 0 aliphatic rings. The Balaban J connectivity index is 0.00000529. The van der Waals surface area contributed by atoms with Crippen molar-refractivity contribution >= 4 is 39.8 Å². The van der Waals surface area contributed by atoms with E-state index in [2.05, 4.69) is 15.6 Å². The molecule has 0 saturated carbocycles. The molecule has 0 aliphatic heterocycles. The number of benzene rings is 1. The van der Waals surface area contributed by atoms with Crippen molar-refractivity contribution in [3.05, 3.63) is 29.8 Å². The minimum absolute atomic E-state index is 0. The van der Waals surface area contributed by atoms with Crippen molar-refractivity contribution in [3.63, 3.8) is 0 Å². The summed E-state index contributed by atoms with van der Waals surface area (Å²) in [5.41, 5.74) is 0.962. The molecule has 1 aromatic carbocycles. The number of halogens is 1. The van der Waals surface area contributed by atoms with Crippen LogP contribution in [0.1, 0.15) is 25.8 Å². The van der Waals surface area contributed by atoms with Crippen molar-refractivity contribution in [2.24, 2.45) is 4.99 Å². The van der Waals surface area contributed by atoms with Gasteiger partial charge in [0.15, 0.2) is 15.8 Å². The van der Waals surface area contributed by atoms with Crippen LogP contribution < -0.4 is 10.6 Å². The summed E-state index contributed by atoms with van der Waals surface area (Å²) in [6.45, 7) is 7.52. The quantitative estimate of drug-likeness (QED) is 0.251. The maximum atomic E-state index is 11.4. The molecule has 0 fully saturated rings. The van der Waals surface area contributed by atoms with E-state index >= 15 is 0 Å². The van der Waals surface area contributed by atoms with Gasteiger partial charge in [0.2, 0.25) is 0 Å². The van der Waals surface area contributed by atoms with Gasteiger partial charge in [-0.1, -0.05) is 12.1 Å². The Labute approximate surface area is 162 Å². The standard InChI is InChI=1S/C16H27N3O3S.HI/c1-4-17-16(18-11-6-12-22-5-2)19-13-14-7-9-15(10-8-14)23(3,20)21;/h7-10H,4-6,11-13H2,1-3H3,(H2,17,18,19);1H. The third kappa shape index (κ3) is 9.43. The molecule has 0 bridgehead atoms. The van der Waals surface area contributed by atoms with Gasteiger partial charge in [-0.25, -0.2) is 13.4 Å². The van der Waals surface area contributed by atoms with Crippen molar-refractivity contribution in [3.8, 4) is 0 Å². The number of ether oxygens (including phenoxy) is 1. The summed E-state index contributed by atoms with van der Waals surface area (Å²) >= 11 is 0. The highest BCUT2D eigenvalue weighted by molar-refractivity contribution is 14.0. The molecule has 6 nitrogen and oxygen atoms in total. The first-order valence-electron chi connectivity index (χ1n) is 7.86. The maximum absolute atomic E-state index is 11.4. The Morgan fingerprint density at radius 2 is 1.83 bits per heavy atom. The zero-order valence-electron chi connectivity index (χ0n) is 14.5. The van der Waals surface area contributed by atoms with Gasteiger partial charge in [-0.3, -0.25) is 0 Å². The molecule has 1 aromatic rings. The highest BCUT2D eigenvalue weighted by atomic mass is 127. The fourth-order valence-corrected chi connectivity index (χ4v) is 2.51. The normalized spacial score (nSPS) is 11.7. The smallest absolute Gasteiger partial charge is 0.191 e. The van der Waals surface area contributed by atoms with Gasteiger partial charge in [-0.05, 0) is 38.0 Å². The SMILES string of the molecule is CCNC(=NCc1ccc(S(C)(=O)=O)cc1)NCCCOCC.I. The van der Waals surface area contributed by atoms with E-state index in [1.54, 1.807) is 24.3 Å². The number of hydrogen-bond acceptors (Lipinski definition) is 4. The van der Waals surface area contributed by atoms with E-state index in [1.807, 2.05) is 13.8 Å². The van der Waals surface area contributed by atoms with Crippen LogP contribution in [0.15, 0.2) is 34.2 Å². The van der Waals surface area contributed by atoms with Crippen LogP contribution in [0.3, 0.4) is 0 Å². The summed E-state index contributed by atoms with van der Waals surface area (Å²) in [6, 6.07) is 6.81. The molecule has 0 aliphatic carbocycles. The molecule has 0 amide bonds. The Morgan fingerprint density at radius 1 is 1.17 bits per heavy atom. The largest absolute Gasteiger partial charge is 0.382 e. The third-order valence-corrected chi connectivity index (χ3v) is 4.21. The van der Waals surface area contributed by atoms with Crippen LogP contribution >= 0.6 is 24.0 Å². The van der Waals surface area contributed by atoms with Crippen LogP contribution in [0.4, 0.5) is 0 Å². The minimum Gasteiger partial charge on any atom is -0.382 e. The van der Waals surface area contributed by atoms with Crippen LogP contribution in [-0.4, -0.2) is 46.9 Å². The summed E-state index contributed by atoms with van der Waals surface area (Å²) in [6.07, 6.45) is 2.12. The van der Waals surface area contributed by atoms with Gasteiger partial charge < -0.3 is 15.4 Å². The molecule has 0 spiro atoms. The molecule has 0 saturated heterocycles. The number of nitrogens with zero attached hydrogens (tertiary/aromatic N) is 1. The highest BCUT2D eigenvalue weighted by Crippen LogP contribution is 2.10. The van der Waals surface area contributed by atoms with E-state index in [-0.39, 0.29) is 24.0 Å². The second-order valence-electron chi connectivity index (χ2n) is 5.09. The molecular formula is C16H28IN3O3S. The average molecular weight is 469 g/mol. The lowest BCUT2D eigenvalue weighted by atomic mass is 10.2. The lowest BCUT2D eigenvalue weighted by molar-refractivity contribution is 0.145. The van der Waals surface area contributed by atoms with Gasteiger partial charge in [0.1, 0.15) is 0 Å². The molecule has 0 aromatic heterocycles. The van der Waals surface area contributed by atoms with Crippen molar-refractivity contribution in [2.45, 2.75) is 31.7 Å². The zero-order valence-corrected chi connectivity index (χ0v) is 17.7. The van der Waals surface area contributed by atoms with Crippen LogP contribution in [-0.2, 0) is 21.1 Å². The van der Waals surface area contributed by atoms with E-state index in [0.717, 1.165) is 44.2 Å². The molecule has 138 valence electrons. The summed E-state index contributed by atoms with van der Waals surface area (Å²) in [4.78, 5) is 4.82. The molecule has 1 rings (SSSR count). The van der Waals surface area contributed by atoms with E-state index in [9.17, 15) is 8.42 Å². The fourth-order valence-electron chi connectivity index (χ4n) is 1.88. The third-order valence-electron chi connectivity index (χ3n) is 3.08. The van der Waals surface area contributed by atoms with E-state index in [1.165, 1.54) is 6.26 Å². The Morgan fingerprint density at radius 3 is 2.38 bits per heavy atom. The Kier molecular flexibility index (Phi) is 12.0. The zero-order chi connectivity index (χ0) is 17.1. The van der Waals surface area contributed by atoms with Gasteiger partial charge in [-0.2, -0.15) is 0 Å². The Hall–Kier alpha value is -0.870. The first-order valence-corrected chi connectivity index (χ1v) is 9.75. The topological polar surface area (TPSA) is 79.8 Å².